The first-order chi connectivity index (χ1) is 28.5. The van der Waals surface area contributed by atoms with E-state index in [-0.39, 0.29) is 42.8 Å². The maximum absolute atomic E-state index is 14.3. The van der Waals surface area contributed by atoms with Gasteiger partial charge in [0.1, 0.15) is 17.7 Å². The quantitative estimate of drug-likeness (QED) is 0.214. The molecule has 5 atom stereocenters. The predicted octanol–water partition coefficient (Wildman–Crippen LogP) is 6.22. The minimum absolute atomic E-state index is 0.0721. The van der Waals surface area contributed by atoms with Gasteiger partial charge in [0, 0.05) is 85.6 Å². The van der Waals surface area contributed by atoms with Gasteiger partial charge in [0.2, 0.25) is 0 Å². The maximum atomic E-state index is 14.3. The summed E-state index contributed by atoms with van der Waals surface area (Å²) in [7, 11) is 3.89. The summed E-state index contributed by atoms with van der Waals surface area (Å²) in [6.07, 6.45) is 2.60. The summed E-state index contributed by atoms with van der Waals surface area (Å²) >= 11 is 1.45. The van der Waals surface area contributed by atoms with Gasteiger partial charge in [-0.15, -0.1) is 11.3 Å². The molecule has 3 aromatic heterocycles. The second-order valence-electron chi connectivity index (χ2n) is 18.8. The third-order valence-corrected chi connectivity index (χ3v) is 13.2. The number of methoxy groups -OCH3 is 1. The lowest BCUT2D eigenvalue weighted by Gasteiger charge is -2.35. The van der Waals surface area contributed by atoms with Gasteiger partial charge < -0.3 is 33.9 Å². The lowest BCUT2D eigenvalue weighted by Crippen LogP contribution is -2.61. The van der Waals surface area contributed by atoms with Crippen LogP contribution in [-0.2, 0) is 43.2 Å². The Labute approximate surface area is 356 Å². The molecule has 3 aliphatic heterocycles. The van der Waals surface area contributed by atoms with Crippen LogP contribution < -0.4 is 15.6 Å². The number of carbonyl (C=O) groups is 3. The number of hydrogen-bond donors (Lipinski definition) is 2. The molecule has 15 heteroatoms. The predicted molar refractivity (Wildman–Crippen MR) is 233 cm³/mol. The van der Waals surface area contributed by atoms with Crippen LogP contribution in [0.4, 0.5) is 10.5 Å². The number of hydrogen-bond acceptors (Lipinski definition) is 12. The molecule has 6 heterocycles. The topological polar surface area (TPSA) is 143 Å². The van der Waals surface area contributed by atoms with E-state index in [0.717, 1.165) is 83.0 Å². The van der Waals surface area contributed by atoms with Crippen LogP contribution in [0.3, 0.4) is 0 Å². The first-order valence-electron chi connectivity index (χ1n) is 21.3. The van der Waals surface area contributed by atoms with Crippen LogP contribution in [0.5, 0.6) is 0 Å². The molecule has 1 aliphatic carbocycles. The van der Waals surface area contributed by atoms with Crippen molar-refractivity contribution >= 4 is 45.9 Å². The molecule has 8 rings (SSSR count). The molecule has 1 aromatic carbocycles. The van der Waals surface area contributed by atoms with Crippen molar-refractivity contribution in [1.82, 2.24) is 35.2 Å². The smallest absolute Gasteiger partial charge is 0.408 e. The molecule has 60 heavy (non-hydrogen) atoms. The van der Waals surface area contributed by atoms with Crippen molar-refractivity contribution in [3.8, 4) is 22.5 Å². The van der Waals surface area contributed by atoms with Gasteiger partial charge in [0.15, 0.2) is 0 Å². The second-order valence-corrected chi connectivity index (χ2v) is 19.7. The molecule has 2 N–H and O–H groups in total. The van der Waals surface area contributed by atoms with E-state index < -0.39 is 29.2 Å². The summed E-state index contributed by atoms with van der Waals surface area (Å²) in [6, 6.07) is 7.13. The lowest BCUT2D eigenvalue weighted by molar-refractivity contribution is -0.155. The normalized spacial score (nSPS) is 24.1. The molecule has 2 saturated heterocycles. The fourth-order valence-corrected chi connectivity index (χ4v) is 9.83. The second kappa shape index (κ2) is 16.4. The highest BCUT2D eigenvalue weighted by Gasteiger charge is 2.53. The molecule has 0 spiro atoms. The summed E-state index contributed by atoms with van der Waals surface area (Å²) in [4.78, 5) is 56.4. The first-order valence-corrected chi connectivity index (χ1v) is 22.2. The van der Waals surface area contributed by atoms with Crippen molar-refractivity contribution < 1.29 is 28.6 Å². The number of nitrogens with zero attached hydrogens (tertiary/aromatic N) is 6. The van der Waals surface area contributed by atoms with Gasteiger partial charge in [0.05, 0.1) is 46.7 Å². The highest BCUT2D eigenvalue weighted by molar-refractivity contribution is 7.10. The number of ether oxygens (including phenoxy) is 3. The van der Waals surface area contributed by atoms with E-state index in [1.807, 2.05) is 18.5 Å². The Hall–Kier alpha value is -4.57. The maximum Gasteiger partial charge on any atom is 0.408 e. The average Bonchev–Trinajstić information content (AvgIpc) is 3.75. The number of rotatable bonds is 6. The molecule has 4 aromatic rings. The van der Waals surface area contributed by atoms with Gasteiger partial charge in [-0.25, -0.2) is 15.2 Å². The molecule has 6 bridgehead atoms. The number of nitrogens with one attached hydrogen (secondary N) is 2. The first kappa shape index (κ1) is 42.1. The summed E-state index contributed by atoms with van der Waals surface area (Å²) in [6.45, 7) is 19.0. The molecule has 1 saturated carbocycles. The zero-order chi connectivity index (χ0) is 42.7. The van der Waals surface area contributed by atoms with Crippen molar-refractivity contribution in [3.05, 3.63) is 52.1 Å². The van der Waals surface area contributed by atoms with E-state index in [4.69, 9.17) is 24.2 Å². The van der Waals surface area contributed by atoms with E-state index in [1.165, 1.54) is 16.3 Å². The molecule has 2 amide bonds. The number of anilines is 1. The van der Waals surface area contributed by atoms with Gasteiger partial charge in [0.25, 0.3) is 5.91 Å². The third-order valence-electron chi connectivity index (χ3n) is 12.4. The number of benzene rings is 1. The molecule has 4 aliphatic rings. The monoisotopic (exact) mass is 840 g/mol. The van der Waals surface area contributed by atoms with Crippen LogP contribution in [-0.4, -0.2) is 114 Å². The molecule has 3 fully saturated rings. The SMILES string of the molecule is CCn1c(-c2cc(N3CCN(C)CC3)cnc2[C@H](C)OC)c2c3cc(ccc31)-c1csc(n1)C[C@H](NC(=O)OC(C)(C)C)C(=O)N1C[C@@H]3C[C@@H]3C(N1)C(=O)OCC(C)(C)C2. The third kappa shape index (κ3) is 8.63. The number of alkyl carbamates (subject to hydrolysis) is 1. The van der Waals surface area contributed by atoms with Crippen molar-refractivity contribution in [2.24, 2.45) is 17.3 Å². The van der Waals surface area contributed by atoms with E-state index in [9.17, 15) is 14.4 Å². The van der Waals surface area contributed by atoms with Gasteiger partial charge in [-0.05, 0) is 90.1 Å². The summed E-state index contributed by atoms with van der Waals surface area (Å²) in [5.41, 5.74) is 9.99. The number of esters is 1. The van der Waals surface area contributed by atoms with Crippen molar-refractivity contribution in [2.45, 2.75) is 98.1 Å². The number of cyclic esters (lactones) is 1. The lowest BCUT2D eigenvalue weighted by atomic mass is 9.84. The van der Waals surface area contributed by atoms with Crippen LogP contribution in [0.2, 0.25) is 0 Å². The van der Waals surface area contributed by atoms with E-state index in [2.05, 4.69) is 77.2 Å². The number of fused-ring (bicyclic) bond motifs is 8. The summed E-state index contributed by atoms with van der Waals surface area (Å²) < 4.78 is 20.2. The van der Waals surface area contributed by atoms with E-state index >= 15 is 0 Å². The van der Waals surface area contributed by atoms with Crippen LogP contribution in [0.25, 0.3) is 33.4 Å². The van der Waals surface area contributed by atoms with Crippen LogP contribution in [0.1, 0.15) is 77.3 Å². The van der Waals surface area contributed by atoms with Crippen LogP contribution in [0, 0.1) is 17.3 Å². The minimum atomic E-state index is -0.981. The number of amides is 2. The summed E-state index contributed by atoms with van der Waals surface area (Å²) in [5, 5.41) is 8.11. The number of likely N-dealkylation sites (N-methyl/N-ethyl adjacent to an activating group) is 1. The number of thiazole rings is 1. The number of pyridine rings is 1. The highest BCUT2D eigenvalue weighted by Crippen LogP contribution is 2.46. The Bertz CT molecular complexity index is 2270. The Balaban J connectivity index is 1.26. The average molecular weight is 841 g/mol. The number of aryl methyl sites for hydroxylation is 1. The molecule has 322 valence electrons. The molecular weight excluding hydrogens is 781 g/mol. The number of aromatic nitrogens is 3. The van der Waals surface area contributed by atoms with Gasteiger partial charge in [-0.2, -0.15) is 0 Å². The molecule has 14 nitrogen and oxygen atoms in total. The number of hydrazine groups is 1. The highest BCUT2D eigenvalue weighted by atomic mass is 32.1. The van der Waals surface area contributed by atoms with Crippen molar-refractivity contribution in [1.29, 1.82) is 0 Å². The van der Waals surface area contributed by atoms with Gasteiger partial charge >= 0.3 is 12.1 Å². The summed E-state index contributed by atoms with van der Waals surface area (Å²) in [5.74, 6) is -0.499. The largest absolute Gasteiger partial charge is 0.464 e. The van der Waals surface area contributed by atoms with Crippen molar-refractivity contribution in [3.63, 3.8) is 0 Å². The number of carbonyl (C=O) groups excluding carboxylic acids is 3. The molecule has 1 unspecified atom stereocenters. The Morgan fingerprint density at radius 3 is 2.63 bits per heavy atom. The molecular formula is C45H60N8O6S. The fourth-order valence-electron chi connectivity index (χ4n) is 8.98. The molecule has 0 radical (unpaired) electrons. The minimum Gasteiger partial charge on any atom is -0.464 e. The van der Waals surface area contributed by atoms with Gasteiger partial charge in [-0.1, -0.05) is 19.9 Å². The zero-order valence-electron chi connectivity index (χ0n) is 36.5. The number of piperazine rings is 1. The Kier molecular flexibility index (Phi) is 11.5. The fraction of sp³-hybridized carbons (Fsp3) is 0.578. The van der Waals surface area contributed by atoms with Gasteiger partial charge in [-0.3, -0.25) is 19.6 Å². The Morgan fingerprint density at radius 1 is 1.15 bits per heavy atom. The van der Waals surface area contributed by atoms with Crippen LogP contribution >= 0.6 is 11.3 Å². The zero-order valence-corrected chi connectivity index (χ0v) is 37.3. The van der Waals surface area contributed by atoms with E-state index in [0.29, 0.717) is 24.5 Å². The van der Waals surface area contributed by atoms with Crippen molar-refractivity contribution in [2.75, 3.05) is 58.4 Å². The Morgan fingerprint density at radius 2 is 1.92 bits per heavy atom. The van der Waals surface area contributed by atoms with Crippen LogP contribution in [0.15, 0.2) is 35.8 Å². The van der Waals surface area contributed by atoms with E-state index in [1.54, 1.807) is 27.9 Å². The standard InChI is InChI=1S/C45H60N8O6S/c1-10-52-36-12-11-27-17-31(36)33(40(52)32-19-29(22-46-38(32)26(2)57-9)51-15-13-50(8)14-16-51)21-45(6,7)25-58-42(55)39-30-18-28(30)23-53(49-39)41(54)34(20-37-47-35(27)24-60-37)48-43(56)59-44(3,4)5/h11-12,17,19,22,24,26,28,30,34,39,49H,10,13-16,18,20-21,23,25H2,1-9H3,(H,48,56)/t26-,28-,30-,34-,39?/m0/s1.